The summed E-state index contributed by atoms with van der Waals surface area (Å²) in [5, 5.41) is 6.85. The van der Waals surface area contributed by atoms with Gasteiger partial charge in [0.25, 0.3) is 0 Å². The van der Waals surface area contributed by atoms with Gasteiger partial charge in [-0.05, 0) is 35.4 Å². The Morgan fingerprint density at radius 3 is 2.75 bits per heavy atom. The van der Waals surface area contributed by atoms with Crippen LogP contribution in [0.4, 0.5) is 5.82 Å². The van der Waals surface area contributed by atoms with Crippen molar-refractivity contribution in [2.75, 3.05) is 12.4 Å². The summed E-state index contributed by atoms with van der Waals surface area (Å²) in [7, 11) is -1.99. The summed E-state index contributed by atoms with van der Waals surface area (Å²) >= 11 is 7.48. The van der Waals surface area contributed by atoms with Gasteiger partial charge < -0.3 is 5.32 Å². The lowest BCUT2D eigenvalue weighted by molar-refractivity contribution is 0.567. The highest BCUT2D eigenvalue weighted by atomic mass is 35.5. The van der Waals surface area contributed by atoms with Crippen molar-refractivity contribution in [3.05, 3.63) is 39.7 Å². The molecular formula is C12H14ClN3O2S2. The number of hydrogen-bond acceptors (Lipinski definition) is 5. The number of hydrogen-bond donors (Lipinski definition) is 2. The van der Waals surface area contributed by atoms with Crippen molar-refractivity contribution in [3.8, 4) is 0 Å². The maximum absolute atomic E-state index is 12.3. The van der Waals surface area contributed by atoms with E-state index in [1.807, 2.05) is 16.8 Å². The van der Waals surface area contributed by atoms with E-state index in [1.54, 1.807) is 14.0 Å². The van der Waals surface area contributed by atoms with E-state index in [0.29, 0.717) is 5.82 Å². The number of thiophene rings is 1. The predicted octanol–water partition coefficient (Wildman–Crippen LogP) is 2.88. The summed E-state index contributed by atoms with van der Waals surface area (Å²) in [5.74, 6) is 0.441. The molecule has 2 heterocycles. The summed E-state index contributed by atoms with van der Waals surface area (Å²) in [5.41, 5.74) is 0.921. The molecule has 0 spiro atoms. The molecule has 0 aliphatic carbocycles. The Bertz CT molecular complexity index is 687. The third-order valence-electron chi connectivity index (χ3n) is 2.74. The van der Waals surface area contributed by atoms with E-state index in [9.17, 15) is 8.42 Å². The second-order valence-electron chi connectivity index (χ2n) is 4.15. The molecule has 1 unspecified atom stereocenters. The maximum Gasteiger partial charge on any atom is 0.242 e. The van der Waals surface area contributed by atoms with E-state index in [4.69, 9.17) is 11.6 Å². The second-order valence-corrected chi connectivity index (χ2v) is 7.05. The number of nitrogens with zero attached hydrogens (tertiary/aromatic N) is 1. The smallest absolute Gasteiger partial charge is 0.242 e. The predicted molar refractivity (Wildman–Crippen MR) is 81.8 cm³/mol. The second kappa shape index (κ2) is 6.09. The molecule has 0 aliphatic heterocycles. The van der Waals surface area contributed by atoms with Crippen molar-refractivity contribution in [2.24, 2.45) is 0 Å². The van der Waals surface area contributed by atoms with E-state index >= 15 is 0 Å². The number of rotatable bonds is 5. The molecule has 0 radical (unpaired) electrons. The number of aromatic nitrogens is 1. The summed E-state index contributed by atoms with van der Waals surface area (Å²) < 4.78 is 27.1. The van der Waals surface area contributed by atoms with Crippen LogP contribution >= 0.6 is 22.9 Å². The molecule has 0 saturated carbocycles. The molecule has 0 aliphatic rings. The first-order chi connectivity index (χ1) is 9.44. The SMILES string of the molecule is CNc1ncc(S(=O)(=O)NC(C)c2ccsc2)cc1Cl. The van der Waals surface area contributed by atoms with Crippen molar-refractivity contribution in [2.45, 2.75) is 17.9 Å². The summed E-state index contributed by atoms with van der Waals surface area (Å²) in [4.78, 5) is 4.02. The van der Waals surface area contributed by atoms with Gasteiger partial charge in [0.05, 0.1) is 5.02 Å². The highest BCUT2D eigenvalue weighted by Gasteiger charge is 2.20. The zero-order valence-corrected chi connectivity index (χ0v) is 13.3. The molecule has 2 rings (SSSR count). The number of anilines is 1. The molecule has 0 amide bonds. The number of sulfonamides is 1. The highest BCUT2D eigenvalue weighted by Crippen LogP contribution is 2.23. The van der Waals surface area contributed by atoms with Crippen LogP contribution in [0.1, 0.15) is 18.5 Å². The van der Waals surface area contributed by atoms with Gasteiger partial charge in [-0.25, -0.2) is 18.1 Å². The monoisotopic (exact) mass is 331 g/mol. The zero-order valence-electron chi connectivity index (χ0n) is 10.9. The Labute approximate surface area is 127 Å². The maximum atomic E-state index is 12.3. The molecule has 108 valence electrons. The quantitative estimate of drug-likeness (QED) is 0.883. The number of pyridine rings is 1. The van der Waals surface area contributed by atoms with Gasteiger partial charge in [0.2, 0.25) is 10.0 Å². The molecule has 20 heavy (non-hydrogen) atoms. The van der Waals surface area contributed by atoms with E-state index in [2.05, 4.69) is 15.0 Å². The van der Waals surface area contributed by atoms with E-state index in [-0.39, 0.29) is 16.0 Å². The van der Waals surface area contributed by atoms with Gasteiger partial charge in [-0.15, -0.1) is 0 Å². The molecule has 2 aromatic rings. The first-order valence-electron chi connectivity index (χ1n) is 5.82. The van der Waals surface area contributed by atoms with Gasteiger partial charge in [-0.3, -0.25) is 0 Å². The average Bonchev–Trinajstić information content (AvgIpc) is 2.92. The highest BCUT2D eigenvalue weighted by molar-refractivity contribution is 7.89. The standard InChI is InChI=1S/C12H14ClN3O2S2/c1-8(9-3-4-19-7-9)16-20(17,18)10-5-11(13)12(14-2)15-6-10/h3-8,16H,1-2H3,(H,14,15). The van der Waals surface area contributed by atoms with Crippen LogP contribution in [0.15, 0.2) is 34.0 Å². The van der Waals surface area contributed by atoms with Crippen LogP contribution in [0.25, 0.3) is 0 Å². The van der Waals surface area contributed by atoms with E-state index in [1.165, 1.54) is 23.6 Å². The summed E-state index contributed by atoms with van der Waals surface area (Å²) in [6.07, 6.45) is 1.28. The zero-order chi connectivity index (χ0) is 14.8. The lowest BCUT2D eigenvalue weighted by atomic mass is 10.2. The Morgan fingerprint density at radius 2 is 2.20 bits per heavy atom. The minimum Gasteiger partial charge on any atom is -0.372 e. The van der Waals surface area contributed by atoms with Gasteiger partial charge >= 0.3 is 0 Å². The fourth-order valence-corrected chi connectivity index (χ4v) is 3.92. The molecule has 0 aromatic carbocycles. The van der Waals surface area contributed by atoms with E-state index < -0.39 is 10.0 Å². The largest absolute Gasteiger partial charge is 0.372 e. The fourth-order valence-electron chi connectivity index (χ4n) is 1.64. The van der Waals surface area contributed by atoms with Crippen LogP contribution in [0, 0.1) is 0 Å². The third-order valence-corrected chi connectivity index (χ3v) is 5.24. The van der Waals surface area contributed by atoms with Crippen LogP contribution < -0.4 is 10.0 Å². The van der Waals surface area contributed by atoms with Crippen LogP contribution in [0.2, 0.25) is 5.02 Å². The Hall–Kier alpha value is -1.15. The van der Waals surface area contributed by atoms with Gasteiger partial charge in [0, 0.05) is 19.3 Å². The molecule has 0 fully saturated rings. The van der Waals surface area contributed by atoms with Crippen LogP contribution in [-0.2, 0) is 10.0 Å². The topological polar surface area (TPSA) is 71.1 Å². The van der Waals surface area contributed by atoms with Crippen molar-refractivity contribution in [3.63, 3.8) is 0 Å². The number of halogens is 1. The lowest BCUT2D eigenvalue weighted by Gasteiger charge is -2.13. The molecular weight excluding hydrogens is 318 g/mol. The van der Waals surface area contributed by atoms with E-state index in [0.717, 1.165) is 5.56 Å². The lowest BCUT2D eigenvalue weighted by Crippen LogP contribution is -2.26. The molecule has 2 aromatic heterocycles. The Balaban J connectivity index is 2.24. The Kier molecular flexibility index (Phi) is 4.64. The fraction of sp³-hybridized carbons (Fsp3) is 0.250. The molecule has 0 bridgehead atoms. The van der Waals surface area contributed by atoms with Crippen LogP contribution in [-0.4, -0.2) is 20.4 Å². The average molecular weight is 332 g/mol. The molecule has 8 heteroatoms. The molecule has 1 atom stereocenters. The molecule has 2 N–H and O–H groups in total. The van der Waals surface area contributed by atoms with Crippen LogP contribution in [0.5, 0.6) is 0 Å². The van der Waals surface area contributed by atoms with Gasteiger partial charge in [-0.2, -0.15) is 11.3 Å². The first kappa shape index (κ1) is 15.2. The van der Waals surface area contributed by atoms with Crippen molar-refractivity contribution < 1.29 is 8.42 Å². The minimum absolute atomic E-state index is 0.0450. The minimum atomic E-state index is -3.65. The van der Waals surface area contributed by atoms with Crippen molar-refractivity contribution in [1.29, 1.82) is 0 Å². The molecule has 5 nitrogen and oxygen atoms in total. The van der Waals surface area contributed by atoms with Crippen LogP contribution in [0.3, 0.4) is 0 Å². The van der Waals surface area contributed by atoms with Crippen molar-refractivity contribution in [1.82, 2.24) is 9.71 Å². The Morgan fingerprint density at radius 1 is 1.45 bits per heavy atom. The van der Waals surface area contributed by atoms with Gasteiger partial charge in [0.1, 0.15) is 10.7 Å². The first-order valence-corrected chi connectivity index (χ1v) is 8.62. The summed E-state index contributed by atoms with van der Waals surface area (Å²) in [6.45, 7) is 1.79. The van der Waals surface area contributed by atoms with Gasteiger partial charge in [-0.1, -0.05) is 11.6 Å². The summed E-state index contributed by atoms with van der Waals surface area (Å²) in [6, 6.07) is 2.95. The number of nitrogens with one attached hydrogen (secondary N) is 2. The van der Waals surface area contributed by atoms with Gasteiger partial charge in [0.15, 0.2) is 0 Å². The third kappa shape index (κ3) is 3.29. The molecule has 0 saturated heterocycles. The normalized spacial score (nSPS) is 13.2. The van der Waals surface area contributed by atoms with Crippen molar-refractivity contribution >= 4 is 38.8 Å².